The summed E-state index contributed by atoms with van der Waals surface area (Å²) in [4.78, 5) is 27.8. The van der Waals surface area contributed by atoms with Gasteiger partial charge < -0.3 is 10.2 Å². The molecule has 0 fully saturated rings. The van der Waals surface area contributed by atoms with Gasteiger partial charge in [0.1, 0.15) is 12.6 Å². The molecule has 10 heteroatoms. The Balaban J connectivity index is 2.05. The number of hydrogen-bond acceptors (Lipinski definition) is 4. The molecule has 0 radical (unpaired) electrons. The van der Waals surface area contributed by atoms with Crippen molar-refractivity contribution in [3.63, 3.8) is 0 Å². The molecule has 0 aliphatic rings. The largest absolute Gasteiger partial charge is 0.357 e. The van der Waals surface area contributed by atoms with E-state index in [0.717, 1.165) is 9.87 Å². The second-order valence-corrected chi connectivity index (χ2v) is 10.7. The van der Waals surface area contributed by atoms with Gasteiger partial charge >= 0.3 is 0 Å². The fourth-order valence-corrected chi connectivity index (χ4v) is 5.48. The number of benzene rings is 3. The van der Waals surface area contributed by atoms with E-state index in [1.54, 1.807) is 25.1 Å². The summed E-state index contributed by atoms with van der Waals surface area (Å²) in [5.41, 5.74) is 1.03. The van der Waals surface area contributed by atoms with E-state index in [4.69, 9.17) is 23.2 Å². The number of carbonyl (C=O) groups excluding carboxylic acids is 2. The Morgan fingerprint density at radius 2 is 1.58 bits per heavy atom. The van der Waals surface area contributed by atoms with Gasteiger partial charge in [0.25, 0.3) is 10.0 Å². The van der Waals surface area contributed by atoms with Crippen LogP contribution in [0, 0.1) is 0 Å². The van der Waals surface area contributed by atoms with Crippen molar-refractivity contribution in [1.29, 1.82) is 0 Å². The van der Waals surface area contributed by atoms with Crippen LogP contribution in [0.15, 0.2) is 83.8 Å². The van der Waals surface area contributed by atoms with Crippen LogP contribution in [0.25, 0.3) is 0 Å². The minimum Gasteiger partial charge on any atom is -0.357 e. The number of hydrogen-bond donors (Lipinski definition) is 1. The van der Waals surface area contributed by atoms with Crippen molar-refractivity contribution < 1.29 is 18.0 Å². The van der Waals surface area contributed by atoms with Crippen LogP contribution in [0.5, 0.6) is 0 Å². The lowest BCUT2D eigenvalue weighted by Gasteiger charge is -2.33. The Morgan fingerprint density at radius 3 is 2.17 bits per heavy atom. The van der Waals surface area contributed by atoms with E-state index in [2.05, 4.69) is 5.32 Å². The summed E-state index contributed by atoms with van der Waals surface area (Å²) in [7, 11) is -2.68. The van der Waals surface area contributed by atoms with Gasteiger partial charge in [0.2, 0.25) is 11.8 Å². The molecule has 0 bridgehead atoms. The van der Waals surface area contributed by atoms with Crippen LogP contribution < -0.4 is 9.62 Å². The molecule has 190 valence electrons. The predicted octanol–water partition coefficient (Wildman–Crippen LogP) is 4.74. The lowest BCUT2D eigenvalue weighted by Crippen LogP contribution is -2.51. The van der Waals surface area contributed by atoms with Crippen LogP contribution in [0.2, 0.25) is 10.0 Å². The van der Waals surface area contributed by atoms with Crippen LogP contribution >= 0.6 is 23.2 Å². The zero-order chi connectivity index (χ0) is 26.3. The lowest BCUT2D eigenvalue weighted by molar-refractivity contribution is -0.140. The van der Waals surface area contributed by atoms with Crippen LogP contribution in [-0.4, -0.2) is 44.8 Å². The Labute approximate surface area is 221 Å². The van der Waals surface area contributed by atoms with Gasteiger partial charge in [0, 0.05) is 23.6 Å². The highest BCUT2D eigenvalue weighted by Gasteiger charge is 2.33. The van der Waals surface area contributed by atoms with Gasteiger partial charge in [-0.15, -0.1) is 0 Å². The third-order valence-electron chi connectivity index (χ3n) is 5.60. The molecule has 0 saturated carbocycles. The van der Waals surface area contributed by atoms with Crippen molar-refractivity contribution in [2.75, 3.05) is 17.9 Å². The smallest absolute Gasteiger partial charge is 0.264 e. The van der Waals surface area contributed by atoms with Crippen molar-refractivity contribution >= 4 is 50.7 Å². The number of sulfonamides is 1. The van der Waals surface area contributed by atoms with Crippen molar-refractivity contribution in [3.8, 4) is 0 Å². The SMILES string of the molecule is CC[C@@H](C(=O)NC)N(Cc1ccccc1)C(=O)CN(c1cccc(Cl)c1)S(=O)(=O)c1ccc(Cl)cc1. The molecule has 2 amide bonds. The first-order valence-corrected chi connectivity index (χ1v) is 13.5. The van der Waals surface area contributed by atoms with Crippen LogP contribution in [0.1, 0.15) is 18.9 Å². The number of nitrogens with zero attached hydrogens (tertiary/aromatic N) is 2. The van der Waals surface area contributed by atoms with Crippen LogP contribution in [0.4, 0.5) is 5.69 Å². The summed E-state index contributed by atoms with van der Waals surface area (Å²) < 4.78 is 28.4. The predicted molar refractivity (Wildman–Crippen MR) is 143 cm³/mol. The Bertz CT molecular complexity index is 1300. The molecule has 0 aromatic heterocycles. The topological polar surface area (TPSA) is 86.8 Å². The van der Waals surface area contributed by atoms with Gasteiger partial charge in [0.05, 0.1) is 10.6 Å². The Hall–Kier alpha value is -3.07. The molecule has 0 aliphatic carbocycles. The molecular weight excluding hydrogens is 521 g/mol. The molecule has 36 heavy (non-hydrogen) atoms. The average Bonchev–Trinajstić information content (AvgIpc) is 2.87. The molecule has 0 aliphatic heterocycles. The van der Waals surface area contributed by atoms with Crippen LogP contribution in [-0.2, 0) is 26.2 Å². The van der Waals surface area contributed by atoms with Gasteiger partial charge in [-0.2, -0.15) is 0 Å². The minimum absolute atomic E-state index is 0.0346. The van der Waals surface area contributed by atoms with Gasteiger partial charge in [-0.3, -0.25) is 13.9 Å². The molecule has 0 spiro atoms. The summed E-state index contributed by atoms with van der Waals surface area (Å²) in [5, 5.41) is 3.29. The first-order chi connectivity index (χ1) is 17.2. The summed E-state index contributed by atoms with van der Waals surface area (Å²) in [5.74, 6) is -0.872. The molecule has 1 N–H and O–H groups in total. The highest BCUT2D eigenvalue weighted by Crippen LogP contribution is 2.27. The Kier molecular flexibility index (Phi) is 9.37. The number of amides is 2. The molecule has 3 rings (SSSR count). The minimum atomic E-state index is -4.18. The number of nitrogens with one attached hydrogen (secondary N) is 1. The fourth-order valence-electron chi connectivity index (χ4n) is 3.76. The number of carbonyl (C=O) groups is 2. The maximum Gasteiger partial charge on any atom is 0.264 e. The first kappa shape index (κ1) is 27.5. The highest BCUT2D eigenvalue weighted by atomic mass is 35.5. The van der Waals surface area contributed by atoms with Gasteiger partial charge in [-0.05, 0) is 54.4 Å². The van der Waals surface area contributed by atoms with E-state index in [1.165, 1.54) is 42.3 Å². The number of anilines is 1. The molecule has 0 unspecified atom stereocenters. The molecule has 3 aromatic rings. The zero-order valence-electron chi connectivity index (χ0n) is 19.9. The number of halogens is 2. The van der Waals surface area contributed by atoms with E-state index >= 15 is 0 Å². The second kappa shape index (κ2) is 12.3. The van der Waals surface area contributed by atoms with E-state index < -0.39 is 28.5 Å². The van der Waals surface area contributed by atoms with Crippen molar-refractivity contribution in [2.45, 2.75) is 30.8 Å². The monoisotopic (exact) mass is 547 g/mol. The molecule has 0 saturated heterocycles. The molecule has 0 heterocycles. The Morgan fingerprint density at radius 1 is 0.917 bits per heavy atom. The molecular formula is C26H27Cl2N3O4S. The van der Waals surface area contributed by atoms with E-state index in [-0.39, 0.29) is 23.0 Å². The van der Waals surface area contributed by atoms with Gasteiger partial charge in [0.15, 0.2) is 0 Å². The first-order valence-electron chi connectivity index (χ1n) is 11.3. The highest BCUT2D eigenvalue weighted by molar-refractivity contribution is 7.92. The maximum atomic E-state index is 13.8. The van der Waals surface area contributed by atoms with Crippen molar-refractivity contribution in [2.24, 2.45) is 0 Å². The average molecular weight is 548 g/mol. The molecule has 7 nitrogen and oxygen atoms in total. The third kappa shape index (κ3) is 6.57. The van der Waals surface area contributed by atoms with E-state index in [0.29, 0.717) is 16.5 Å². The summed E-state index contributed by atoms with van der Waals surface area (Å²) >= 11 is 12.1. The molecule has 1 atom stereocenters. The summed E-state index contributed by atoms with van der Waals surface area (Å²) in [6.07, 6.45) is 0.347. The normalized spacial score (nSPS) is 12.0. The van der Waals surface area contributed by atoms with E-state index in [1.807, 2.05) is 30.3 Å². The summed E-state index contributed by atoms with van der Waals surface area (Å²) in [6.45, 7) is 1.39. The standard InChI is InChI=1S/C26H27Cl2N3O4S/c1-3-24(26(33)29-2)30(17-19-8-5-4-6-9-19)25(32)18-31(22-11-7-10-21(28)16-22)36(34,35)23-14-12-20(27)13-15-23/h4-16,24H,3,17-18H2,1-2H3,(H,29,33)/t24-/m0/s1. The van der Waals surface area contributed by atoms with Crippen molar-refractivity contribution in [3.05, 3.63) is 94.5 Å². The molecule has 3 aromatic carbocycles. The van der Waals surface area contributed by atoms with Crippen LogP contribution in [0.3, 0.4) is 0 Å². The summed E-state index contributed by atoms with van der Waals surface area (Å²) in [6, 6.07) is 20.4. The maximum absolute atomic E-state index is 13.8. The van der Waals surface area contributed by atoms with Crippen molar-refractivity contribution in [1.82, 2.24) is 10.2 Å². The number of likely N-dealkylation sites (N-methyl/N-ethyl adjacent to an activating group) is 1. The second-order valence-electron chi connectivity index (χ2n) is 7.99. The van der Waals surface area contributed by atoms with Gasteiger partial charge in [-0.1, -0.05) is 66.5 Å². The van der Waals surface area contributed by atoms with E-state index in [9.17, 15) is 18.0 Å². The quantitative estimate of drug-likeness (QED) is 0.397. The fraction of sp³-hybridized carbons (Fsp3) is 0.231. The van der Waals surface area contributed by atoms with Gasteiger partial charge in [-0.25, -0.2) is 8.42 Å². The lowest BCUT2D eigenvalue weighted by atomic mass is 10.1. The number of rotatable bonds is 10. The zero-order valence-corrected chi connectivity index (χ0v) is 22.2. The third-order valence-corrected chi connectivity index (χ3v) is 7.88.